The summed E-state index contributed by atoms with van der Waals surface area (Å²) in [5.41, 5.74) is 0.710. The zero-order chi connectivity index (χ0) is 11.9. The summed E-state index contributed by atoms with van der Waals surface area (Å²) in [6, 6.07) is 0.142. The average Bonchev–Trinajstić information content (AvgIpc) is 2.39. The highest BCUT2D eigenvalue weighted by Gasteiger charge is 2.30. The average molecular weight is 225 g/mol. The van der Waals surface area contributed by atoms with Gasteiger partial charge in [-0.25, -0.2) is 4.79 Å². The van der Waals surface area contributed by atoms with Crippen molar-refractivity contribution >= 4 is 11.8 Å². The van der Waals surface area contributed by atoms with Gasteiger partial charge in [-0.3, -0.25) is 4.68 Å². The summed E-state index contributed by atoms with van der Waals surface area (Å²) >= 11 is 0. The van der Waals surface area contributed by atoms with Gasteiger partial charge in [-0.1, -0.05) is 0 Å². The smallest absolute Gasteiger partial charge is 0.341 e. The quantitative estimate of drug-likeness (QED) is 0.691. The van der Waals surface area contributed by atoms with Gasteiger partial charge in [-0.15, -0.1) is 0 Å². The van der Waals surface area contributed by atoms with Gasteiger partial charge in [-0.05, 0) is 19.8 Å². The zero-order valence-corrected chi connectivity index (χ0v) is 9.27. The lowest BCUT2D eigenvalue weighted by Gasteiger charge is -2.32. The molecular formula is C10H15N3O3. The third kappa shape index (κ3) is 1.76. The molecule has 1 aliphatic rings. The molecule has 1 aliphatic carbocycles. The number of anilines is 1. The van der Waals surface area contributed by atoms with Gasteiger partial charge < -0.3 is 15.5 Å². The third-order valence-electron chi connectivity index (χ3n) is 2.89. The lowest BCUT2D eigenvalue weighted by Crippen LogP contribution is -2.39. The number of aliphatic hydroxyl groups is 1. The first-order valence-corrected chi connectivity index (χ1v) is 5.20. The van der Waals surface area contributed by atoms with Gasteiger partial charge in [0, 0.05) is 13.1 Å². The van der Waals surface area contributed by atoms with Crippen LogP contribution in [0.2, 0.25) is 0 Å². The van der Waals surface area contributed by atoms with Crippen molar-refractivity contribution in [2.75, 3.05) is 5.32 Å². The fraction of sp³-hybridized carbons (Fsp3) is 0.600. The van der Waals surface area contributed by atoms with Crippen LogP contribution in [0, 0.1) is 6.92 Å². The SMILES string of the molecule is Cc1nn(C)c(NC2CC(O)C2)c1C(=O)O. The van der Waals surface area contributed by atoms with Crippen LogP contribution in [0.1, 0.15) is 28.9 Å². The Morgan fingerprint density at radius 3 is 2.69 bits per heavy atom. The van der Waals surface area contributed by atoms with Crippen LogP contribution in [-0.4, -0.2) is 38.1 Å². The molecule has 0 spiro atoms. The molecule has 1 aromatic rings. The third-order valence-corrected chi connectivity index (χ3v) is 2.89. The predicted molar refractivity (Wildman–Crippen MR) is 57.6 cm³/mol. The largest absolute Gasteiger partial charge is 0.477 e. The number of nitrogens with one attached hydrogen (secondary N) is 1. The van der Waals surface area contributed by atoms with Crippen molar-refractivity contribution < 1.29 is 15.0 Å². The van der Waals surface area contributed by atoms with Crippen LogP contribution in [0.15, 0.2) is 0 Å². The number of aromatic nitrogens is 2. The molecule has 0 unspecified atom stereocenters. The lowest BCUT2D eigenvalue weighted by atomic mass is 9.89. The molecule has 6 nitrogen and oxygen atoms in total. The molecule has 1 fully saturated rings. The Kier molecular flexibility index (Phi) is 2.59. The number of aryl methyl sites for hydroxylation is 2. The van der Waals surface area contributed by atoms with Gasteiger partial charge in [0.2, 0.25) is 0 Å². The van der Waals surface area contributed by atoms with Crippen molar-refractivity contribution in [2.45, 2.75) is 31.9 Å². The molecule has 1 saturated carbocycles. The number of nitrogens with zero attached hydrogens (tertiary/aromatic N) is 2. The maximum atomic E-state index is 11.1. The molecule has 0 aromatic carbocycles. The Hall–Kier alpha value is -1.56. The highest BCUT2D eigenvalue weighted by atomic mass is 16.4. The molecule has 1 aromatic heterocycles. The molecule has 88 valence electrons. The van der Waals surface area contributed by atoms with Crippen molar-refractivity contribution in [3.05, 3.63) is 11.3 Å². The number of carboxylic acids is 1. The Morgan fingerprint density at radius 1 is 1.56 bits per heavy atom. The van der Waals surface area contributed by atoms with Crippen LogP contribution in [0.25, 0.3) is 0 Å². The second-order valence-corrected chi connectivity index (χ2v) is 4.20. The number of carbonyl (C=O) groups is 1. The molecule has 0 amide bonds. The zero-order valence-electron chi connectivity index (χ0n) is 9.27. The Bertz CT molecular complexity index is 421. The molecule has 0 saturated heterocycles. The standard InChI is InChI=1S/C10H15N3O3/c1-5-8(10(15)16)9(13(2)12-5)11-6-3-7(14)4-6/h6-7,11,14H,3-4H2,1-2H3,(H,15,16). The summed E-state index contributed by atoms with van der Waals surface area (Å²) < 4.78 is 1.53. The second kappa shape index (κ2) is 3.79. The molecule has 0 atom stereocenters. The molecular weight excluding hydrogens is 210 g/mol. The van der Waals surface area contributed by atoms with E-state index in [1.807, 2.05) is 0 Å². The van der Waals surface area contributed by atoms with Crippen LogP contribution in [-0.2, 0) is 7.05 Å². The van der Waals surface area contributed by atoms with Gasteiger partial charge in [-0.2, -0.15) is 5.10 Å². The molecule has 0 aliphatic heterocycles. The van der Waals surface area contributed by atoms with Crippen molar-refractivity contribution in [3.8, 4) is 0 Å². The Balaban J connectivity index is 2.22. The van der Waals surface area contributed by atoms with E-state index in [9.17, 15) is 9.90 Å². The van der Waals surface area contributed by atoms with Crippen LogP contribution < -0.4 is 5.32 Å². The first kappa shape index (κ1) is 10.9. The highest BCUT2D eigenvalue weighted by molar-refractivity contribution is 5.94. The number of rotatable bonds is 3. The van der Waals surface area contributed by atoms with E-state index in [1.165, 1.54) is 4.68 Å². The van der Waals surface area contributed by atoms with E-state index in [0.29, 0.717) is 24.4 Å². The van der Waals surface area contributed by atoms with Crippen LogP contribution in [0.5, 0.6) is 0 Å². The molecule has 16 heavy (non-hydrogen) atoms. The van der Waals surface area contributed by atoms with Gasteiger partial charge in [0.1, 0.15) is 11.4 Å². The van der Waals surface area contributed by atoms with Crippen molar-refractivity contribution in [1.82, 2.24) is 9.78 Å². The Morgan fingerprint density at radius 2 is 2.19 bits per heavy atom. The first-order valence-electron chi connectivity index (χ1n) is 5.20. The highest BCUT2D eigenvalue weighted by Crippen LogP contribution is 2.26. The van der Waals surface area contributed by atoms with Crippen molar-refractivity contribution in [1.29, 1.82) is 0 Å². The van der Waals surface area contributed by atoms with E-state index in [4.69, 9.17) is 5.11 Å². The predicted octanol–water partition coefficient (Wildman–Crippen LogP) is 0.362. The Labute approximate surface area is 92.9 Å². The van der Waals surface area contributed by atoms with E-state index in [1.54, 1.807) is 14.0 Å². The molecule has 2 rings (SSSR count). The number of hydrogen-bond donors (Lipinski definition) is 3. The normalized spacial score (nSPS) is 23.9. The lowest BCUT2D eigenvalue weighted by molar-refractivity contribution is 0.0696. The molecule has 1 heterocycles. The maximum absolute atomic E-state index is 11.1. The van der Waals surface area contributed by atoms with Crippen LogP contribution in [0.3, 0.4) is 0 Å². The molecule has 3 N–H and O–H groups in total. The van der Waals surface area contributed by atoms with Crippen molar-refractivity contribution in [2.24, 2.45) is 7.05 Å². The summed E-state index contributed by atoms with van der Waals surface area (Å²) in [6.07, 6.45) is 1.05. The minimum Gasteiger partial charge on any atom is -0.477 e. The number of hydrogen-bond acceptors (Lipinski definition) is 4. The van der Waals surface area contributed by atoms with Gasteiger partial charge in [0.05, 0.1) is 11.8 Å². The van der Waals surface area contributed by atoms with Crippen molar-refractivity contribution in [3.63, 3.8) is 0 Å². The second-order valence-electron chi connectivity index (χ2n) is 4.20. The number of aliphatic hydroxyl groups excluding tert-OH is 1. The molecule has 6 heteroatoms. The van der Waals surface area contributed by atoms with E-state index < -0.39 is 5.97 Å². The van der Waals surface area contributed by atoms with Crippen LogP contribution in [0.4, 0.5) is 5.82 Å². The molecule has 0 radical (unpaired) electrons. The molecule has 0 bridgehead atoms. The summed E-state index contributed by atoms with van der Waals surface area (Å²) in [4.78, 5) is 11.1. The number of aromatic carboxylic acids is 1. The number of carboxylic acid groups (broad SMARTS) is 1. The van der Waals surface area contributed by atoms with E-state index in [0.717, 1.165) is 0 Å². The summed E-state index contributed by atoms with van der Waals surface area (Å²) in [5, 5.41) is 25.4. The van der Waals surface area contributed by atoms with E-state index >= 15 is 0 Å². The summed E-state index contributed by atoms with van der Waals surface area (Å²) in [7, 11) is 1.71. The van der Waals surface area contributed by atoms with E-state index in [2.05, 4.69) is 10.4 Å². The maximum Gasteiger partial charge on any atom is 0.341 e. The summed E-state index contributed by atoms with van der Waals surface area (Å²) in [6.45, 7) is 1.67. The fourth-order valence-electron chi connectivity index (χ4n) is 1.98. The summed E-state index contributed by atoms with van der Waals surface area (Å²) in [5.74, 6) is -0.463. The first-order chi connectivity index (χ1) is 7.49. The van der Waals surface area contributed by atoms with Gasteiger partial charge in [0.15, 0.2) is 0 Å². The van der Waals surface area contributed by atoms with Gasteiger partial charge >= 0.3 is 5.97 Å². The van der Waals surface area contributed by atoms with Gasteiger partial charge in [0.25, 0.3) is 0 Å². The minimum absolute atomic E-state index is 0.142. The van der Waals surface area contributed by atoms with Crippen LogP contribution >= 0.6 is 0 Å². The van der Waals surface area contributed by atoms with E-state index in [-0.39, 0.29) is 17.7 Å². The fourth-order valence-corrected chi connectivity index (χ4v) is 1.98. The minimum atomic E-state index is -0.979. The monoisotopic (exact) mass is 225 g/mol. The topological polar surface area (TPSA) is 87.4 Å².